The van der Waals surface area contributed by atoms with E-state index in [2.05, 4.69) is 20.4 Å². The fraction of sp³-hybridized carbons (Fsp3) is 0.389. The molecule has 4 rings (SSSR count). The molecule has 0 bridgehead atoms. The van der Waals surface area contributed by atoms with Gasteiger partial charge in [0.1, 0.15) is 22.0 Å². The molecule has 26 heavy (non-hydrogen) atoms. The molecule has 136 valence electrons. The van der Waals surface area contributed by atoms with Crippen LogP contribution in [0.3, 0.4) is 0 Å². The van der Waals surface area contributed by atoms with E-state index in [1.54, 1.807) is 4.52 Å². The van der Waals surface area contributed by atoms with E-state index >= 15 is 0 Å². The van der Waals surface area contributed by atoms with Gasteiger partial charge in [-0.25, -0.2) is 13.4 Å². The van der Waals surface area contributed by atoms with E-state index in [1.165, 1.54) is 12.6 Å². The third kappa shape index (κ3) is 3.41. The van der Waals surface area contributed by atoms with E-state index < -0.39 is 9.84 Å². The molecule has 0 radical (unpaired) electrons. The lowest BCUT2D eigenvalue weighted by atomic mass is 9.95. The van der Waals surface area contributed by atoms with Crippen LogP contribution in [0.25, 0.3) is 17.0 Å². The molecule has 1 saturated carbocycles. The van der Waals surface area contributed by atoms with Gasteiger partial charge in [-0.05, 0) is 19.3 Å². The molecule has 0 spiro atoms. The van der Waals surface area contributed by atoms with Crippen molar-refractivity contribution in [1.82, 2.24) is 19.6 Å². The highest BCUT2D eigenvalue weighted by Crippen LogP contribution is 2.28. The molecule has 1 aliphatic rings. The van der Waals surface area contributed by atoms with Crippen molar-refractivity contribution in [2.24, 2.45) is 0 Å². The van der Waals surface area contributed by atoms with Crippen LogP contribution in [0.4, 0.5) is 5.82 Å². The standard InChI is InChI=1S/C18H21N5O2S/c1-26(24,25)15-9-5-8-14(10-15)21-17-11-16(13-6-3-2-4-7-13)22-18-19-12-20-23(17)18/h2-4,6-7,11-12,14-15,21H,5,8-10H2,1H3. The van der Waals surface area contributed by atoms with Gasteiger partial charge in [-0.15, -0.1) is 0 Å². The predicted octanol–water partition coefficient (Wildman–Crippen LogP) is 2.56. The second-order valence-corrected chi connectivity index (χ2v) is 9.15. The van der Waals surface area contributed by atoms with E-state index in [4.69, 9.17) is 0 Å². The average Bonchev–Trinajstić information content (AvgIpc) is 3.11. The fourth-order valence-electron chi connectivity index (χ4n) is 3.55. The second kappa shape index (κ2) is 6.68. The van der Waals surface area contributed by atoms with Crippen LogP contribution in [0.5, 0.6) is 0 Å². The molecule has 0 aliphatic heterocycles. The topological polar surface area (TPSA) is 89.2 Å². The number of nitrogens with zero attached hydrogens (tertiary/aromatic N) is 4. The maximum Gasteiger partial charge on any atom is 0.254 e. The Morgan fingerprint density at radius 3 is 2.77 bits per heavy atom. The van der Waals surface area contributed by atoms with Crippen molar-refractivity contribution in [3.63, 3.8) is 0 Å². The summed E-state index contributed by atoms with van der Waals surface area (Å²) in [5.74, 6) is 1.30. The molecule has 7 nitrogen and oxygen atoms in total. The Balaban J connectivity index is 1.67. The zero-order chi connectivity index (χ0) is 18.1. The van der Waals surface area contributed by atoms with Gasteiger partial charge in [0, 0.05) is 23.9 Å². The third-order valence-corrected chi connectivity index (χ3v) is 6.54. The van der Waals surface area contributed by atoms with E-state index in [0.29, 0.717) is 12.2 Å². The largest absolute Gasteiger partial charge is 0.367 e. The first kappa shape index (κ1) is 17.0. The van der Waals surface area contributed by atoms with Gasteiger partial charge in [0.25, 0.3) is 5.78 Å². The maximum absolute atomic E-state index is 11.9. The normalized spacial score (nSPS) is 21.0. The molecule has 1 fully saturated rings. The maximum atomic E-state index is 11.9. The monoisotopic (exact) mass is 371 g/mol. The highest BCUT2D eigenvalue weighted by Gasteiger charge is 2.29. The SMILES string of the molecule is CS(=O)(=O)C1CCCC(Nc2cc(-c3ccccc3)nc3ncnn23)C1. The number of anilines is 1. The molecule has 2 unspecified atom stereocenters. The first-order valence-corrected chi connectivity index (χ1v) is 10.7. The zero-order valence-corrected chi connectivity index (χ0v) is 15.4. The zero-order valence-electron chi connectivity index (χ0n) is 14.5. The molecule has 1 aromatic carbocycles. The van der Waals surface area contributed by atoms with Crippen molar-refractivity contribution < 1.29 is 8.42 Å². The number of hydrogen-bond donors (Lipinski definition) is 1. The van der Waals surface area contributed by atoms with Gasteiger partial charge in [0.2, 0.25) is 0 Å². The highest BCUT2D eigenvalue weighted by atomic mass is 32.2. The van der Waals surface area contributed by atoms with Gasteiger partial charge in [0.05, 0.1) is 10.9 Å². The molecular weight excluding hydrogens is 350 g/mol. The summed E-state index contributed by atoms with van der Waals surface area (Å²) in [6.07, 6.45) is 5.98. The number of fused-ring (bicyclic) bond motifs is 1. The molecule has 3 aromatic rings. The predicted molar refractivity (Wildman–Crippen MR) is 101 cm³/mol. The van der Waals surface area contributed by atoms with Crippen LogP contribution in [0.2, 0.25) is 0 Å². The van der Waals surface area contributed by atoms with Crippen LogP contribution in [-0.4, -0.2) is 45.5 Å². The summed E-state index contributed by atoms with van der Waals surface area (Å²) < 4.78 is 25.5. The summed E-state index contributed by atoms with van der Waals surface area (Å²) in [6.45, 7) is 0. The van der Waals surface area contributed by atoms with Gasteiger partial charge in [-0.2, -0.15) is 14.6 Å². The van der Waals surface area contributed by atoms with Crippen LogP contribution < -0.4 is 5.32 Å². The molecule has 8 heteroatoms. The number of nitrogens with one attached hydrogen (secondary N) is 1. The summed E-state index contributed by atoms with van der Waals surface area (Å²) in [7, 11) is -3.02. The molecule has 2 atom stereocenters. The van der Waals surface area contributed by atoms with Gasteiger partial charge >= 0.3 is 0 Å². The van der Waals surface area contributed by atoms with Crippen LogP contribution in [0, 0.1) is 0 Å². The summed E-state index contributed by atoms with van der Waals surface area (Å²) in [6, 6.07) is 11.9. The number of aromatic nitrogens is 4. The van der Waals surface area contributed by atoms with Gasteiger partial charge in [-0.3, -0.25) is 0 Å². The number of sulfone groups is 1. The number of rotatable bonds is 4. The first-order valence-electron chi connectivity index (χ1n) is 8.72. The van der Waals surface area contributed by atoms with Crippen molar-refractivity contribution in [2.75, 3.05) is 11.6 Å². The quantitative estimate of drug-likeness (QED) is 0.758. The molecule has 2 aromatic heterocycles. The number of hydrogen-bond acceptors (Lipinski definition) is 6. The van der Waals surface area contributed by atoms with E-state index in [0.717, 1.165) is 36.3 Å². The van der Waals surface area contributed by atoms with Crippen molar-refractivity contribution in [2.45, 2.75) is 37.0 Å². The molecule has 1 N–H and O–H groups in total. The Kier molecular flexibility index (Phi) is 4.36. The summed E-state index contributed by atoms with van der Waals surface area (Å²) in [4.78, 5) is 8.78. The Morgan fingerprint density at radius 2 is 2.00 bits per heavy atom. The minimum atomic E-state index is -3.02. The van der Waals surface area contributed by atoms with Gasteiger partial charge in [-0.1, -0.05) is 36.8 Å². The van der Waals surface area contributed by atoms with Crippen LogP contribution in [-0.2, 0) is 9.84 Å². The van der Waals surface area contributed by atoms with Crippen molar-refractivity contribution in [1.29, 1.82) is 0 Å². The van der Waals surface area contributed by atoms with Crippen molar-refractivity contribution >= 4 is 21.4 Å². The Bertz CT molecular complexity index is 1020. The Hall–Kier alpha value is -2.48. The van der Waals surface area contributed by atoms with Crippen LogP contribution in [0.1, 0.15) is 25.7 Å². The molecule has 1 aliphatic carbocycles. The van der Waals surface area contributed by atoms with Crippen LogP contribution >= 0.6 is 0 Å². The number of benzene rings is 1. The molecular formula is C18H21N5O2S. The minimum Gasteiger partial charge on any atom is -0.367 e. The fourth-order valence-corrected chi connectivity index (χ4v) is 4.72. The Morgan fingerprint density at radius 1 is 1.19 bits per heavy atom. The summed E-state index contributed by atoms with van der Waals surface area (Å²) in [5, 5.41) is 7.45. The summed E-state index contributed by atoms with van der Waals surface area (Å²) >= 11 is 0. The second-order valence-electron chi connectivity index (χ2n) is 6.82. The summed E-state index contributed by atoms with van der Waals surface area (Å²) in [5.41, 5.74) is 1.81. The first-order chi connectivity index (χ1) is 12.5. The van der Waals surface area contributed by atoms with Gasteiger partial charge < -0.3 is 5.32 Å². The van der Waals surface area contributed by atoms with Gasteiger partial charge in [0.15, 0.2) is 0 Å². The van der Waals surface area contributed by atoms with E-state index in [-0.39, 0.29) is 11.3 Å². The molecule has 0 saturated heterocycles. The highest BCUT2D eigenvalue weighted by molar-refractivity contribution is 7.91. The molecule has 0 amide bonds. The van der Waals surface area contributed by atoms with Crippen molar-refractivity contribution in [3.05, 3.63) is 42.7 Å². The smallest absolute Gasteiger partial charge is 0.254 e. The molecule has 2 heterocycles. The Labute approximate surface area is 152 Å². The third-order valence-electron chi connectivity index (χ3n) is 4.90. The lowest BCUT2D eigenvalue weighted by molar-refractivity contribution is 0.451. The minimum absolute atomic E-state index is 0.0851. The lowest BCUT2D eigenvalue weighted by Crippen LogP contribution is -2.34. The van der Waals surface area contributed by atoms with E-state index in [1.807, 2.05) is 36.4 Å². The van der Waals surface area contributed by atoms with Crippen LogP contribution in [0.15, 0.2) is 42.7 Å². The lowest BCUT2D eigenvalue weighted by Gasteiger charge is -2.29. The van der Waals surface area contributed by atoms with E-state index in [9.17, 15) is 8.42 Å². The van der Waals surface area contributed by atoms with Crippen molar-refractivity contribution in [3.8, 4) is 11.3 Å². The average molecular weight is 371 g/mol.